The number of hydrogen-bond acceptors (Lipinski definition) is 3. The van der Waals surface area contributed by atoms with Gasteiger partial charge in [0.25, 0.3) is 0 Å². The average molecular weight is 407 g/mol. The third kappa shape index (κ3) is 4.35. The fourth-order valence-corrected chi connectivity index (χ4v) is 3.86. The zero-order valence-electron chi connectivity index (χ0n) is 16.6. The van der Waals surface area contributed by atoms with Crippen molar-refractivity contribution in [3.8, 4) is 5.75 Å². The lowest BCUT2D eigenvalue weighted by Crippen LogP contribution is -2.24. The molecule has 0 saturated heterocycles. The van der Waals surface area contributed by atoms with Gasteiger partial charge in [-0.05, 0) is 48.6 Å². The van der Waals surface area contributed by atoms with Gasteiger partial charge in [0.2, 0.25) is 0 Å². The first-order valence-electron chi connectivity index (χ1n) is 10.1. The van der Waals surface area contributed by atoms with E-state index >= 15 is 0 Å². The summed E-state index contributed by atoms with van der Waals surface area (Å²) in [5.41, 5.74) is 4.43. The quantitative estimate of drug-likeness (QED) is 0.467. The summed E-state index contributed by atoms with van der Waals surface area (Å²) in [7, 11) is 0. The van der Waals surface area contributed by atoms with Crippen molar-refractivity contribution in [1.29, 1.82) is 0 Å². The van der Waals surface area contributed by atoms with E-state index in [9.17, 15) is 13.6 Å². The van der Waals surface area contributed by atoms with Crippen LogP contribution < -0.4 is 9.64 Å². The fraction of sp³-hybridized carbons (Fsp3) is 0.240. The zero-order chi connectivity index (χ0) is 20.9. The summed E-state index contributed by atoms with van der Waals surface area (Å²) in [6.45, 7) is 1.16. The molecule has 0 radical (unpaired) electrons. The van der Waals surface area contributed by atoms with E-state index in [1.807, 2.05) is 24.3 Å². The standard InChI is InChI=1S/C25H23F2NO2/c26-23-15-21(16-24(27)22(23)9-5-13-29)30-17-18-10-11-19-6-4-12-28(25(19)14-18)20-7-2-1-3-8-20/h1-3,7-8,10-11,13-16H,4-6,9,12,17H2. The second-order valence-electron chi connectivity index (χ2n) is 7.41. The van der Waals surface area contributed by atoms with E-state index in [1.165, 1.54) is 17.7 Å². The predicted molar refractivity (Wildman–Crippen MR) is 113 cm³/mol. The minimum atomic E-state index is -0.687. The Bertz CT molecular complexity index is 1010. The number of para-hydroxylation sites is 1. The number of nitrogens with zero attached hydrogens (tertiary/aromatic N) is 1. The van der Waals surface area contributed by atoms with Crippen molar-refractivity contribution in [2.45, 2.75) is 32.3 Å². The van der Waals surface area contributed by atoms with Crippen molar-refractivity contribution >= 4 is 17.7 Å². The van der Waals surface area contributed by atoms with Crippen LogP contribution in [0.1, 0.15) is 29.5 Å². The van der Waals surface area contributed by atoms with Gasteiger partial charge in [-0.25, -0.2) is 8.78 Å². The molecule has 0 saturated carbocycles. The van der Waals surface area contributed by atoms with E-state index in [4.69, 9.17) is 4.74 Å². The molecule has 4 rings (SSSR count). The molecule has 0 aliphatic carbocycles. The second-order valence-corrected chi connectivity index (χ2v) is 7.41. The molecule has 0 fully saturated rings. The monoisotopic (exact) mass is 407 g/mol. The molecule has 0 unspecified atom stereocenters. The number of hydrogen-bond donors (Lipinski definition) is 0. The first-order chi connectivity index (χ1) is 14.7. The number of ether oxygens (including phenoxy) is 1. The van der Waals surface area contributed by atoms with Gasteiger partial charge in [-0.1, -0.05) is 30.3 Å². The highest BCUT2D eigenvalue weighted by Crippen LogP contribution is 2.34. The number of rotatable bonds is 7. The van der Waals surface area contributed by atoms with Crippen molar-refractivity contribution in [3.05, 3.63) is 89.0 Å². The van der Waals surface area contributed by atoms with Crippen LogP contribution in [0, 0.1) is 11.6 Å². The Morgan fingerprint density at radius 2 is 1.77 bits per heavy atom. The van der Waals surface area contributed by atoms with Crippen molar-refractivity contribution in [1.82, 2.24) is 0 Å². The van der Waals surface area contributed by atoms with Crippen LogP contribution >= 0.6 is 0 Å². The zero-order valence-corrected chi connectivity index (χ0v) is 16.6. The molecule has 0 aromatic heterocycles. The molecule has 5 heteroatoms. The summed E-state index contributed by atoms with van der Waals surface area (Å²) in [5.74, 6) is -1.24. The maximum atomic E-state index is 14.2. The van der Waals surface area contributed by atoms with Gasteiger partial charge in [0.05, 0.1) is 0 Å². The minimum Gasteiger partial charge on any atom is -0.489 e. The Kier molecular flexibility index (Phi) is 6.07. The van der Waals surface area contributed by atoms with Crippen LogP contribution in [0.25, 0.3) is 0 Å². The third-order valence-electron chi connectivity index (χ3n) is 5.37. The topological polar surface area (TPSA) is 29.5 Å². The van der Waals surface area contributed by atoms with Gasteiger partial charge >= 0.3 is 0 Å². The molecule has 0 amide bonds. The third-order valence-corrected chi connectivity index (χ3v) is 5.37. The van der Waals surface area contributed by atoms with Gasteiger partial charge in [0.1, 0.15) is 30.3 Å². The Balaban J connectivity index is 1.52. The molecule has 1 heterocycles. The highest BCUT2D eigenvalue weighted by molar-refractivity contribution is 5.68. The lowest BCUT2D eigenvalue weighted by molar-refractivity contribution is -0.107. The van der Waals surface area contributed by atoms with Crippen LogP contribution in [-0.2, 0) is 24.2 Å². The fourth-order valence-electron chi connectivity index (χ4n) is 3.86. The number of carbonyl (C=O) groups excluding carboxylic acids is 1. The summed E-state index contributed by atoms with van der Waals surface area (Å²) < 4.78 is 34.0. The van der Waals surface area contributed by atoms with Gasteiger partial charge in [0, 0.05) is 42.0 Å². The van der Waals surface area contributed by atoms with Crippen LogP contribution in [-0.4, -0.2) is 12.8 Å². The van der Waals surface area contributed by atoms with Crippen molar-refractivity contribution in [3.63, 3.8) is 0 Å². The largest absolute Gasteiger partial charge is 0.489 e. The van der Waals surface area contributed by atoms with Gasteiger partial charge in [-0.2, -0.15) is 0 Å². The SMILES string of the molecule is O=CCCc1c(F)cc(OCc2ccc3c(c2)N(c2ccccc2)CCC3)cc1F. The molecule has 1 aliphatic rings. The normalized spacial score (nSPS) is 13.1. The molecule has 154 valence electrons. The number of carbonyl (C=O) groups is 1. The molecule has 3 aromatic carbocycles. The summed E-state index contributed by atoms with van der Waals surface area (Å²) in [6, 6.07) is 18.8. The number of aldehydes is 1. The molecule has 30 heavy (non-hydrogen) atoms. The van der Waals surface area contributed by atoms with E-state index in [2.05, 4.69) is 29.2 Å². The van der Waals surface area contributed by atoms with Gasteiger partial charge in [0.15, 0.2) is 0 Å². The van der Waals surface area contributed by atoms with Crippen LogP contribution in [0.5, 0.6) is 5.75 Å². The van der Waals surface area contributed by atoms with Crippen molar-refractivity contribution in [2.24, 2.45) is 0 Å². The van der Waals surface area contributed by atoms with Gasteiger partial charge < -0.3 is 14.4 Å². The lowest BCUT2D eigenvalue weighted by atomic mass is 9.99. The summed E-state index contributed by atoms with van der Waals surface area (Å²) in [4.78, 5) is 12.8. The lowest BCUT2D eigenvalue weighted by Gasteiger charge is -2.32. The predicted octanol–water partition coefficient (Wildman–Crippen LogP) is 5.76. The van der Waals surface area contributed by atoms with Crippen LogP contribution in [0.4, 0.5) is 20.2 Å². The van der Waals surface area contributed by atoms with Gasteiger partial charge in [-0.3, -0.25) is 0 Å². The highest BCUT2D eigenvalue weighted by Gasteiger charge is 2.19. The summed E-state index contributed by atoms with van der Waals surface area (Å²) >= 11 is 0. The Hall–Kier alpha value is -3.21. The summed E-state index contributed by atoms with van der Waals surface area (Å²) in [6.07, 6.45) is 2.89. The average Bonchev–Trinajstić information content (AvgIpc) is 2.77. The molecule has 1 aliphatic heterocycles. The molecule has 0 N–H and O–H groups in total. The van der Waals surface area contributed by atoms with E-state index in [0.717, 1.165) is 36.3 Å². The van der Waals surface area contributed by atoms with Crippen molar-refractivity contribution < 1.29 is 18.3 Å². The minimum absolute atomic E-state index is 0.0432. The van der Waals surface area contributed by atoms with E-state index in [-0.39, 0.29) is 30.8 Å². The maximum Gasteiger partial charge on any atom is 0.133 e. The molecule has 0 spiro atoms. The number of fused-ring (bicyclic) bond motifs is 1. The van der Waals surface area contributed by atoms with Crippen LogP contribution in [0.3, 0.4) is 0 Å². The van der Waals surface area contributed by atoms with E-state index in [0.29, 0.717) is 6.29 Å². The number of halogens is 2. The highest BCUT2D eigenvalue weighted by atomic mass is 19.1. The first-order valence-corrected chi connectivity index (χ1v) is 10.1. The second kappa shape index (κ2) is 9.08. The Labute approximate surface area is 174 Å². The molecular weight excluding hydrogens is 384 g/mol. The molecule has 0 atom stereocenters. The first kappa shape index (κ1) is 20.1. The molecule has 3 nitrogen and oxygen atoms in total. The van der Waals surface area contributed by atoms with Crippen LogP contribution in [0.15, 0.2) is 60.7 Å². The van der Waals surface area contributed by atoms with Gasteiger partial charge in [-0.15, -0.1) is 0 Å². The number of benzene rings is 3. The van der Waals surface area contributed by atoms with Crippen LogP contribution in [0.2, 0.25) is 0 Å². The molecular formula is C25H23F2NO2. The number of aryl methyl sites for hydroxylation is 1. The molecule has 0 bridgehead atoms. The Morgan fingerprint density at radius 1 is 1.00 bits per heavy atom. The number of anilines is 2. The van der Waals surface area contributed by atoms with E-state index in [1.54, 1.807) is 0 Å². The maximum absolute atomic E-state index is 14.2. The molecule has 3 aromatic rings. The summed E-state index contributed by atoms with van der Waals surface area (Å²) in [5, 5.41) is 0. The smallest absolute Gasteiger partial charge is 0.133 e. The van der Waals surface area contributed by atoms with E-state index < -0.39 is 11.6 Å². The van der Waals surface area contributed by atoms with Crippen molar-refractivity contribution in [2.75, 3.05) is 11.4 Å². The Morgan fingerprint density at radius 3 is 2.50 bits per heavy atom.